The normalized spacial score (nSPS) is 15.2. The van der Waals surface area contributed by atoms with E-state index in [1.54, 1.807) is 18.2 Å². The van der Waals surface area contributed by atoms with Crippen molar-refractivity contribution >= 4 is 46.5 Å². The standard InChI is InChI=1S/C25H26ClNO6.BrH/c1-5-11-27-12-10-20-21(13-23(32-16(3)29)25(24(20)26)33-17(4)30)22(14-27)18-6-8-19(9-7-18)31-15(2)28;/h5-9,13,22H,1,10-12,14H2,2-4H3;1H. The fourth-order valence-electron chi connectivity index (χ4n) is 3.99. The minimum atomic E-state index is -0.565. The van der Waals surface area contributed by atoms with E-state index >= 15 is 0 Å². The Hall–Kier alpha value is -2.68. The summed E-state index contributed by atoms with van der Waals surface area (Å²) in [6.07, 6.45) is 2.45. The maximum absolute atomic E-state index is 11.7. The zero-order valence-electron chi connectivity index (χ0n) is 19.3. The number of esters is 3. The van der Waals surface area contributed by atoms with Gasteiger partial charge in [0.05, 0.1) is 5.02 Å². The Morgan fingerprint density at radius 1 is 1.06 bits per heavy atom. The minimum absolute atomic E-state index is 0. The summed E-state index contributed by atoms with van der Waals surface area (Å²) in [7, 11) is 0. The summed E-state index contributed by atoms with van der Waals surface area (Å²) in [5, 5.41) is 0.251. The van der Waals surface area contributed by atoms with Gasteiger partial charge in [0.15, 0.2) is 11.5 Å². The van der Waals surface area contributed by atoms with Crippen molar-refractivity contribution in [1.82, 2.24) is 4.90 Å². The Morgan fingerprint density at radius 2 is 1.68 bits per heavy atom. The van der Waals surface area contributed by atoms with Crippen LogP contribution in [0.3, 0.4) is 0 Å². The molecule has 9 heteroatoms. The molecule has 1 heterocycles. The molecule has 1 atom stereocenters. The van der Waals surface area contributed by atoms with Crippen LogP contribution in [0.2, 0.25) is 5.02 Å². The van der Waals surface area contributed by atoms with Crippen molar-refractivity contribution in [3.05, 3.63) is 64.7 Å². The van der Waals surface area contributed by atoms with Gasteiger partial charge in [0.25, 0.3) is 0 Å². The minimum Gasteiger partial charge on any atom is -0.427 e. The predicted molar refractivity (Wildman–Crippen MR) is 134 cm³/mol. The molecular weight excluding hydrogens is 526 g/mol. The van der Waals surface area contributed by atoms with Crippen LogP contribution in [-0.2, 0) is 20.8 Å². The fourth-order valence-corrected chi connectivity index (χ4v) is 4.32. The smallest absolute Gasteiger partial charge is 0.308 e. The second kappa shape index (κ2) is 12.1. The number of ether oxygens (including phenoxy) is 3. The van der Waals surface area contributed by atoms with Gasteiger partial charge in [0, 0.05) is 46.3 Å². The lowest BCUT2D eigenvalue weighted by molar-refractivity contribution is -0.134. The van der Waals surface area contributed by atoms with Gasteiger partial charge in [-0.2, -0.15) is 0 Å². The van der Waals surface area contributed by atoms with Gasteiger partial charge in [0.1, 0.15) is 5.75 Å². The summed E-state index contributed by atoms with van der Waals surface area (Å²) in [5.41, 5.74) is 2.66. The van der Waals surface area contributed by atoms with Gasteiger partial charge in [-0.15, -0.1) is 23.6 Å². The van der Waals surface area contributed by atoms with E-state index in [-0.39, 0.29) is 39.4 Å². The van der Waals surface area contributed by atoms with E-state index in [4.69, 9.17) is 25.8 Å². The predicted octanol–water partition coefficient (Wildman–Crippen LogP) is 4.87. The third-order valence-corrected chi connectivity index (χ3v) is 5.65. The Balaban J connectivity index is 0.00000408. The molecule has 2 aromatic carbocycles. The van der Waals surface area contributed by atoms with Gasteiger partial charge >= 0.3 is 17.9 Å². The maximum atomic E-state index is 11.7. The van der Waals surface area contributed by atoms with Crippen molar-refractivity contribution < 1.29 is 28.6 Å². The molecular formula is C25H27BrClNO6. The van der Waals surface area contributed by atoms with E-state index in [1.807, 2.05) is 18.2 Å². The van der Waals surface area contributed by atoms with Gasteiger partial charge in [0.2, 0.25) is 0 Å². The largest absolute Gasteiger partial charge is 0.427 e. The first-order valence-corrected chi connectivity index (χ1v) is 10.9. The summed E-state index contributed by atoms with van der Waals surface area (Å²) in [6, 6.07) is 8.98. The number of carbonyl (C=O) groups is 3. The van der Waals surface area contributed by atoms with Gasteiger partial charge in [-0.3, -0.25) is 19.3 Å². The topological polar surface area (TPSA) is 82.1 Å². The Bertz CT molecular complexity index is 1090. The average molecular weight is 553 g/mol. The molecule has 0 radical (unpaired) electrons. The van der Waals surface area contributed by atoms with Crippen molar-refractivity contribution in [2.45, 2.75) is 33.1 Å². The van der Waals surface area contributed by atoms with E-state index in [1.165, 1.54) is 20.8 Å². The highest BCUT2D eigenvalue weighted by molar-refractivity contribution is 8.93. The van der Waals surface area contributed by atoms with Crippen LogP contribution in [0.15, 0.2) is 43.0 Å². The van der Waals surface area contributed by atoms with Crippen LogP contribution < -0.4 is 14.2 Å². The lowest BCUT2D eigenvalue weighted by atomic mass is 9.87. The van der Waals surface area contributed by atoms with E-state index in [0.717, 1.165) is 16.7 Å². The molecule has 1 unspecified atom stereocenters. The second-order valence-corrected chi connectivity index (χ2v) is 8.16. The number of nitrogens with zero attached hydrogens (tertiary/aromatic N) is 1. The lowest BCUT2D eigenvalue weighted by Crippen LogP contribution is -2.28. The molecule has 0 fully saturated rings. The molecule has 1 aliphatic heterocycles. The number of rotatable bonds is 6. The molecule has 0 amide bonds. The first kappa shape index (κ1) is 27.6. The Kier molecular flexibility index (Phi) is 9.85. The first-order valence-electron chi connectivity index (χ1n) is 10.5. The second-order valence-electron chi connectivity index (χ2n) is 7.79. The Morgan fingerprint density at radius 3 is 2.24 bits per heavy atom. The summed E-state index contributed by atoms with van der Waals surface area (Å²) < 4.78 is 15.8. The molecule has 0 bridgehead atoms. The number of hydrogen-bond donors (Lipinski definition) is 0. The Labute approximate surface area is 214 Å². The molecule has 0 saturated carbocycles. The third kappa shape index (κ3) is 6.68. The molecule has 182 valence electrons. The van der Waals surface area contributed by atoms with Crippen molar-refractivity contribution in [2.24, 2.45) is 0 Å². The molecule has 0 N–H and O–H groups in total. The van der Waals surface area contributed by atoms with Crippen molar-refractivity contribution in [3.8, 4) is 17.2 Å². The summed E-state index contributed by atoms with van der Waals surface area (Å²) in [5.74, 6) is -1.05. The van der Waals surface area contributed by atoms with Crippen LogP contribution in [0.4, 0.5) is 0 Å². The molecule has 2 aromatic rings. The number of fused-ring (bicyclic) bond motifs is 1. The van der Waals surface area contributed by atoms with Gasteiger partial charge in [-0.25, -0.2) is 0 Å². The average Bonchev–Trinajstić information content (AvgIpc) is 2.91. The van der Waals surface area contributed by atoms with Crippen LogP contribution in [0.1, 0.15) is 43.4 Å². The van der Waals surface area contributed by atoms with Crippen LogP contribution in [-0.4, -0.2) is 42.4 Å². The highest BCUT2D eigenvalue weighted by atomic mass is 79.9. The van der Waals surface area contributed by atoms with Crippen LogP contribution in [0.25, 0.3) is 0 Å². The monoisotopic (exact) mass is 551 g/mol. The van der Waals surface area contributed by atoms with Gasteiger partial charge in [-0.05, 0) is 41.3 Å². The SMILES string of the molecule is Br.C=CCN1CCc2c(cc(OC(C)=O)c(OC(C)=O)c2Cl)C(c2ccc(OC(C)=O)cc2)C1. The molecule has 0 saturated heterocycles. The quantitative estimate of drug-likeness (QED) is 0.287. The highest BCUT2D eigenvalue weighted by Crippen LogP contribution is 2.45. The lowest BCUT2D eigenvalue weighted by Gasteiger charge is -2.25. The molecule has 34 heavy (non-hydrogen) atoms. The number of hydrogen-bond acceptors (Lipinski definition) is 7. The number of benzene rings is 2. The van der Waals surface area contributed by atoms with Crippen molar-refractivity contribution in [1.29, 1.82) is 0 Å². The zero-order valence-corrected chi connectivity index (χ0v) is 21.7. The van der Waals surface area contributed by atoms with E-state index < -0.39 is 17.9 Å². The summed E-state index contributed by atoms with van der Waals surface area (Å²) in [4.78, 5) is 36.9. The van der Waals surface area contributed by atoms with Crippen LogP contribution in [0.5, 0.6) is 17.2 Å². The van der Waals surface area contributed by atoms with Gasteiger partial charge in [-0.1, -0.05) is 29.8 Å². The van der Waals surface area contributed by atoms with Crippen molar-refractivity contribution in [3.63, 3.8) is 0 Å². The molecule has 7 nitrogen and oxygen atoms in total. The van der Waals surface area contributed by atoms with E-state index in [2.05, 4.69) is 11.5 Å². The molecule has 3 rings (SSSR count). The fraction of sp³-hybridized carbons (Fsp3) is 0.320. The molecule has 1 aliphatic rings. The number of halogens is 2. The van der Waals surface area contributed by atoms with Gasteiger partial charge < -0.3 is 14.2 Å². The number of carbonyl (C=O) groups excluding carboxylic acids is 3. The van der Waals surface area contributed by atoms with E-state index in [0.29, 0.717) is 31.8 Å². The molecule has 0 aromatic heterocycles. The molecule has 0 spiro atoms. The zero-order chi connectivity index (χ0) is 24.1. The third-order valence-electron chi connectivity index (χ3n) is 5.25. The summed E-state index contributed by atoms with van der Waals surface area (Å²) >= 11 is 6.73. The highest BCUT2D eigenvalue weighted by Gasteiger charge is 2.30. The summed E-state index contributed by atoms with van der Waals surface area (Å²) in [6.45, 7) is 9.79. The molecule has 0 aliphatic carbocycles. The van der Waals surface area contributed by atoms with Crippen LogP contribution >= 0.6 is 28.6 Å². The van der Waals surface area contributed by atoms with Crippen molar-refractivity contribution in [2.75, 3.05) is 19.6 Å². The van der Waals surface area contributed by atoms with E-state index in [9.17, 15) is 14.4 Å². The van der Waals surface area contributed by atoms with Crippen LogP contribution in [0, 0.1) is 0 Å². The maximum Gasteiger partial charge on any atom is 0.308 e. The first-order chi connectivity index (χ1) is 15.7.